The van der Waals surface area contributed by atoms with Crippen molar-refractivity contribution in [3.63, 3.8) is 0 Å². The number of fused-ring (bicyclic) bond motifs is 3. The van der Waals surface area contributed by atoms with E-state index < -0.39 is 17.5 Å². The minimum Gasteiger partial charge on any atom is -0.460 e. The van der Waals surface area contributed by atoms with Gasteiger partial charge >= 0.3 is 11.6 Å². The normalized spacial score (nSPS) is 12.7. The van der Waals surface area contributed by atoms with E-state index in [2.05, 4.69) is 0 Å². The van der Waals surface area contributed by atoms with Crippen LogP contribution in [0, 0.1) is 6.92 Å². The average Bonchev–Trinajstić information content (AvgIpc) is 2.75. The van der Waals surface area contributed by atoms with Gasteiger partial charge in [0, 0.05) is 28.1 Å². The minimum atomic E-state index is -0.597. The molecule has 4 aromatic rings. The summed E-state index contributed by atoms with van der Waals surface area (Å²) in [5, 5.41) is 0.751. The Balaban J connectivity index is 1.49. The molecule has 0 saturated heterocycles. The number of hydrogen-bond acceptors (Lipinski definition) is 5. The maximum absolute atomic E-state index is 13.2. The molecule has 0 aliphatic carbocycles. The molecule has 5 heteroatoms. The number of carbonyl (C=O) groups is 1. The van der Waals surface area contributed by atoms with Crippen LogP contribution in [0.4, 0.5) is 0 Å². The van der Waals surface area contributed by atoms with E-state index in [4.69, 9.17) is 13.9 Å². The zero-order chi connectivity index (χ0) is 20.7. The molecule has 0 atom stereocenters. The summed E-state index contributed by atoms with van der Waals surface area (Å²) in [6, 6.07) is 21.9. The minimum absolute atomic E-state index is 0.0221. The SMILES string of the molecule is Cc1ccc2c(COC(=O)C3c4ccccc4Oc4ccccc43)cc(=O)oc2c1. The molecule has 1 aromatic heterocycles. The van der Waals surface area contributed by atoms with Crippen molar-refractivity contribution in [1.82, 2.24) is 0 Å². The zero-order valence-corrected chi connectivity index (χ0v) is 16.3. The molecule has 5 nitrogen and oxygen atoms in total. The summed E-state index contributed by atoms with van der Waals surface area (Å²) < 4.78 is 16.9. The van der Waals surface area contributed by atoms with Gasteiger partial charge in [0.1, 0.15) is 29.6 Å². The molecule has 2 heterocycles. The molecule has 0 bridgehead atoms. The van der Waals surface area contributed by atoms with Gasteiger partial charge in [-0.15, -0.1) is 0 Å². The first kappa shape index (κ1) is 18.2. The molecule has 1 aliphatic heterocycles. The number of rotatable bonds is 3. The molecule has 30 heavy (non-hydrogen) atoms. The molecular weight excluding hydrogens is 380 g/mol. The third-order valence-corrected chi connectivity index (χ3v) is 5.27. The summed E-state index contributed by atoms with van der Waals surface area (Å²) in [4.78, 5) is 25.2. The van der Waals surface area contributed by atoms with E-state index in [1.54, 1.807) is 6.07 Å². The van der Waals surface area contributed by atoms with Gasteiger partial charge in [0.2, 0.25) is 0 Å². The summed E-state index contributed by atoms with van der Waals surface area (Å²) in [6.07, 6.45) is 0. The molecule has 3 aromatic carbocycles. The van der Waals surface area contributed by atoms with Crippen LogP contribution in [0.1, 0.15) is 28.2 Å². The van der Waals surface area contributed by atoms with Gasteiger partial charge in [-0.1, -0.05) is 48.5 Å². The van der Waals surface area contributed by atoms with Crippen molar-refractivity contribution >= 4 is 16.9 Å². The van der Waals surface area contributed by atoms with Gasteiger partial charge in [0.05, 0.1) is 0 Å². The number of aryl methyl sites for hydroxylation is 1. The number of para-hydroxylation sites is 2. The highest BCUT2D eigenvalue weighted by Gasteiger charge is 2.33. The smallest absolute Gasteiger partial charge is 0.336 e. The fourth-order valence-corrected chi connectivity index (χ4v) is 3.85. The van der Waals surface area contributed by atoms with E-state index in [9.17, 15) is 9.59 Å². The Labute approximate surface area is 172 Å². The Hall–Kier alpha value is -3.86. The highest BCUT2D eigenvalue weighted by atomic mass is 16.5. The monoisotopic (exact) mass is 398 g/mol. The van der Waals surface area contributed by atoms with Gasteiger partial charge in [-0.05, 0) is 30.7 Å². The first-order valence-electron chi connectivity index (χ1n) is 9.66. The van der Waals surface area contributed by atoms with Crippen LogP contribution in [0.3, 0.4) is 0 Å². The third kappa shape index (κ3) is 3.14. The van der Waals surface area contributed by atoms with Gasteiger partial charge in [0.15, 0.2) is 0 Å². The molecule has 148 valence electrons. The van der Waals surface area contributed by atoms with Crippen LogP contribution in [-0.2, 0) is 16.1 Å². The van der Waals surface area contributed by atoms with E-state index in [0.29, 0.717) is 22.6 Å². The molecular formula is C25H18O5. The number of benzene rings is 3. The van der Waals surface area contributed by atoms with Gasteiger partial charge in [-0.2, -0.15) is 0 Å². The van der Waals surface area contributed by atoms with Crippen LogP contribution in [0.5, 0.6) is 11.5 Å². The second-order valence-electron chi connectivity index (χ2n) is 7.31. The second-order valence-corrected chi connectivity index (χ2v) is 7.31. The van der Waals surface area contributed by atoms with Gasteiger partial charge in [-0.3, -0.25) is 4.79 Å². The van der Waals surface area contributed by atoms with Crippen molar-refractivity contribution in [3.05, 3.63) is 105 Å². The lowest BCUT2D eigenvalue weighted by Gasteiger charge is -2.26. The Morgan fingerprint density at radius 2 is 1.60 bits per heavy atom. The average molecular weight is 398 g/mol. The summed E-state index contributed by atoms with van der Waals surface area (Å²) >= 11 is 0. The lowest BCUT2D eigenvalue weighted by molar-refractivity contribution is -0.145. The van der Waals surface area contributed by atoms with E-state index in [-0.39, 0.29) is 6.61 Å². The largest absolute Gasteiger partial charge is 0.460 e. The van der Waals surface area contributed by atoms with Crippen molar-refractivity contribution < 1.29 is 18.7 Å². The van der Waals surface area contributed by atoms with E-state index >= 15 is 0 Å². The van der Waals surface area contributed by atoms with Gasteiger partial charge in [0.25, 0.3) is 0 Å². The third-order valence-electron chi connectivity index (χ3n) is 5.27. The molecule has 0 amide bonds. The number of hydrogen-bond donors (Lipinski definition) is 0. The van der Waals surface area contributed by atoms with Gasteiger partial charge in [-0.25, -0.2) is 4.79 Å². The van der Waals surface area contributed by atoms with Crippen molar-refractivity contribution in [2.45, 2.75) is 19.4 Å². The molecule has 0 spiro atoms. The second kappa shape index (κ2) is 7.19. The van der Waals surface area contributed by atoms with Crippen molar-refractivity contribution in [2.75, 3.05) is 0 Å². The summed E-state index contributed by atoms with van der Waals surface area (Å²) in [5.41, 5.74) is 3.12. The highest BCUT2D eigenvalue weighted by Crippen LogP contribution is 2.44. The number of ether oxygens (including phenoxy) is 2. The predicted molar refractivity (Wildman–Crippen MR) is 112 cm³/mol. The Morgan fingerprint density at radius 3 is 2.30 bits per heavy atom. The van der Waals surface area contributed by atoms with E-state index in [1.807, 2.05) is 67.6 Å². The molecule has 0 radical (unpaired) electrons. The lowest BCUT2D eigenvalue weighted by atomic mass is 9.88. The quantitative estimate of drug-likeness (QED) is 0.356. The first-order chi connectivity index (χ1) is 14.6. The van der Waals surface area contributed by atoms with E-state index in [1.165, 1.54) is 6.07 Å². The van der Waals surface area contributed by atoms with Crippen molar-refractivity contribution in [2.24, 2.45) is 0 Å². The molecule has 0 fully saturated rings. The standard InChI is InChI=1S/C25H18O5/c1-15-10-11-17-16(13-23(26)30-22(17)12-15)14-28-25(27)24-18-6-2-4-8-20(18)29-21-9-5-3-7-19(21)24/h2-13,24H,14H2,1H3. The topological polar surface area (TPSA) is 65.7 Å². The van der Waals surface area contributed by atoms with Crippen LogP contribution in [0.15, 0.2) is 82.0 Å². The lowest BCUT2D eigenvalue weighted by Crippen LogP contribution is -2.21. The number of esters is 1. The van der Waals surface area contributed by atoms with Crippen LogP contribution >= 0.6 is 0 Å². The summed E-state index contributed by atoms with van der Waals surface area (Å²) in [5.74, 6) is 0.283. The fourth-order valence-electron chi connectivity index (χ4n) is 3.85. The Morgan fingerprint density at radius 1 is 0.933 bits per heavy atom. The van der Waals surface area contributed by atoms with Crippen molar-refractivity contribution in [3.8, 4) is 11.5 Å². The van der Waals surface area contributed by atoms with Crippen LogP contribution in [-0.4, -0.2) is 5.97 Å². The Kier molecular flexibility index (Phi) is 4.36. The Bertz CT molecular complexity index is 1290. The molecule has 0 N–H and O–H groups in total. The van der Waals surface area contributed by atoms with Crippen LogP contribution in [0.25, 0.3) is 11.0 Å². The molecule has 5 rings (SSSR count). The maximum Gasteiger partial charge on any atom is 0.336 e. The van der Waals surface area contributed by atoms with Crippen LogP contribution in [0.2, 0.25) is 0 Å². The summed E-state index contributed by atoms with van der Waals surface area (Å²) in [6.45, 7) is 1.90. The van der Waals surface area contributed by atoms with Gasteiger partial charge < -0.3 is 13.9 Å². The molecule has 0 saturated carbocycles. The molecule has 0 unspecified atom stereocenters. The first-order valence-corrected chi connectivity index (χ1v) is 9.66. The van der Waals surface area contributed by atoms with Crippen LogP contribution < -0.4 is 10.4 Å². The fraction of sp³-hybridized carbons (Fsp3) is 0.120. The maximum atomic E-state index is 13.2. The van der Waals surface area contributed by atoms with E-state index in [0.717, 1.165) is 22.1 Å². The zero-order valence-electron chi connectivity index (χ0n) is 16.3. The number of carbonyl (C=O) groups excluding carboxylic acids is 1. The predicted octanol–water partition coefficient (Wildman–Crippen LogP) is 5.08. The highest BCUT2D eigenvalue weighted by molar-refractivity contribution is 5.86. The van der Waals surface area contributed by atoms with Crippen molar-refractivity contribution in [1.29, 1.82) is 0 Å². The summed E-state index contributed by atoms with van der Waals surface area (Å²) in [7, 11) is 0. The molecule has 1 aliphatic rings.